The Morgan fingerprint density at radius 3 is 2.59 bits per heavy atom. The number of aromatic nitrogens is 4. The molecule has 2 saturated carbocycles. The van der Waals surface area contributed by atoms with Gasteiger partial charge >= 0.3 is 0 Å². The van der Waals surface area contributed by atoms with Gasteiger partial charge in [-0.15, -0.1) is 17.5 Å². The van der Waals surface area contributed by atoms with Crippen LogP contribution in [0.4, 0.5) is 0 Å². The smallest absolute Gasteiger partial charge is 0.155 e. The molecule has 160 valence electrons. The molecular weight excluding hydrogens is 386 g/mol. The number of aryl methyl sites for hydroxylation is 1. The van der Waals surface area contributed by atoms with E-state index >= 15 is 0 Å². The number of ether oxygens (including phenoxy) is 1. The molecule has 0 aromatic carbocycles. The van der Waals surface area contributed by atoms with E-state index in [9.17, 15) is 0 Å². The van der Waals surface area contributed by atoms with Gasteiger partial charge in [-0.25, -0.2) is 9.97 Å². The summed E-state index contributed by atoms with van der Waals surface area (Å²) in [4.78, 5) is 9.78. The van der Waals surface area contributed by atoms with Crippen molar-refractivity contribution in [2.45, 2.75) is 89.2 Å². The lowest BCUT2D eigenvalue weighted by molar-refractivity contribution is 0.0108. The molecule has 0 saturated heterocycles. The standard InChI is InChI=1S/C22H33N5O.ClH/c1-3-13-28-19-12-11-17(14-18(19)23)22-25-21(16-8-4-5-9-16)26-27(22)20-10-6-7-15(2)24-20;/h6-7,10,16-19H,3-5,8-9,11-14,23H2,1-2H3;1H/t17-,18+,19+;/m0./s1. The summed E-state index contributed by atoms with van der Waals surface area (Å²) >= 11 is 0. The van der Waals surface area contributed by atoms with Crippen LogP contribution in [-0.2, 0) is 4.74 Å². The van der Waals surface area contributed by atoms with Crippen LogP contribution in [-0.4, -0.2) is 38.5 Å². The minimum atomic E-state index is 0. The Kier molecular flexibility index (Phi) is 7.66. The van der Waals surface area contributed by atoms with Crippen molar-refractivity contribution < 1.29 is 4.74 Å². The summed E-state index contributed by atoms with van der Waals surface area (Å²) in [6.45, 7) is 4.95. The van der Waals surface area contributed by atoms with Gasteiger partial charge in [0.1, 0.15) is 5.82 Å². The zero-order valence-electron chi connectivity index (χ0n) is 17.6. The second-order valence-electron chi connectivity index (χ2n) is 8.44. The van der Waals surface area contributed by atoms with Crippen LogP contribution in [0.3, 0.4) is 0 Å². The molecule has 29 heavy (non-hydrogen) atoms. The van der Waals surface area contributed by atoms with Gasteiger partial charge in [0.15, 0.2) is 11.6 Å². The molecular formula is C22H34ClN5O. The first-order valence-electron chi connectivity index (χ1n) is 10.9. The van der Waals surface area contributed by atoms with Gasteiger partial charge in [0.2, 0.25) is 0 Å². The highest BCUT2D eigenvalue weighted by Crippen LogP contribution is 2.37. The zero-order valence-corrected chi connectivity index (χ0v) is 18.4. The Balaban J connectivity index is 0.00000240. The van der Waals surface area contributed by atoms with Crippen LogP contribution in [0, 0.1) is 6.92 Å². The van der Waals surface area contributed by atoms with Crippen LogP contribution in [0.15, 0.2) is 18.2 Å². The highest BCUT2D eigenvalue weighted by Gasteiger charge is 2.34. The first-order valence-corrected chi connectivity index (χ1v) is 10.9. The lowest BCUT2D eigenvalue weighted by Gasteiger charge is -2.33. The quantitative estimate of drug-likeness (QED) is 0.748. The Bertz CT molecular complexity index is 789. The fraction of sp³-hybridized carbons (Fsp3) is 0.682. The first kappa shape index (κ1) is 22.2. The summed E-state index contributed by atoms with van der Waals surface area (Å²) in [7, 11) is 0. The van der Waals surface area contributed by atoms with E-state index in [1.165, 1.54) is 25.7 Å². The van der Waals surface area contributed by atoms with Crippen molar-refractivity contribution in [3.8, 4) is 5.82 Å². The maximum Gasteiger partial charge on any atom is 0.155 e. The van der Waals surface area contributed by atoms with Gasteiger partial charge < -0.3 is 10.5 Å². The molecule has 0 spiro atoms. The van der Waals surface area contributed by atoms with E-state index in [2.05, 4.69) is 6.92 Å². The monoisotopic (exact) mass is 419 g/mol. The molecule has 2 aromatic rings. The zero-order chi connectivity index (χ0) is 19.5. The van der Waals surface area contributed by atoms with E-state index in [0.717, 1.165) is 55.5 Å². The molecule has 3 atom stereocenters. The number of hydrogen-bond donors (Lipinski definition) is 1. The fourth-order valence-corrected chi connectivity index (χ4v) is 4.67. The van der Waals surface area contributed by atoms with Crippen LogP contribution in [0.1, 0.15) is 87.5 Å². The molecule has 6 nitrogen and oxygen atoms in total. The van der Waals surface area contributed by atoms with Crippen LogP contribution in [0.2, 0.25) is 0 Å². The van der Waals surface area contributed by atoms with Crippen molar-refractivity contribution in [3.63, 3.8) is 0 Å². The fourth-order valence-electron chi connectivity index (χ4n) is 4.67. The summed E-state index contributed by atoms with van der Waals surface area (Å²) in [5.41, 5.74) is 7.49. The van der Waals surface area contributed by atoms with E-state index in [1.807, 2.05) is 29.8 Å². The SMILES string of the molecule is CCCO[C@@H]1CC[C@H](c2nc(C3CCCC3)nn2-c2cccc(C)n2)C[C@H]1N.Cl. The van der Waals surface area contributed by atoms with Crippen LogP contribution >= 0.6 is 12.4 Å². The number of nitrogens with two attached hydrogens (primary N) is 1. The molecule has 2 fully saturated rings. The van der Waals surface area contributed by atoms with Crippen LogP contribution in [0.5, 0.6) is 0 Å². The lowest BCUT2D eigenvalue weighted by Crippen LogP contribution is -2.42. The number of pyridine rings is 1. The molecule has 0 amide bonds. The van der Waals surface area contributed by atoms with E-state index in [1.54, 1.807) is 0 Å². The average Bonchev–Trinajstić information content (AvgIpc) is 3.37. The summed E-state index contributed by atoms with van der Waals surface area (Å²) in [6, 6.07) is 6.14. The summed E-state index contributed by atoms with van der Waals surface area (Å²) in [6.07, 6.45) is 9.07. The third kappa shape index (κ3) is 4.98. The molecule has 2 heterocycles. The average molecular weight is 420 g/mol. The largest absolute Gasteiger partial charge is 0.377 e. The van der Waals surface area contributed by atoms with Gasteiger partial charge in [-0.1, -0.05) is 25.8 Å². The van der Waals surface area contributed by atoms with Crippen LogP contribution in [0.25, 0.3) is 5.82 Å². The third-order valence-electron chi connectivity index (χ3n) is 6.19. The summed E-state index contributed by atoms with van der Waals surface area (Å²) in [5, 5.41) is 4.94. The number of nitrogens with zero attached hydrogens (tertiary/aromatic N) is 4. The Morgan fingerprint density at radius 1 is 1.10 bits per heavy atom. The molecule has 2 N–H and O–H groups in total. The van der Waals surface area contributed by atoms with Gasteiger partial charge in [0, 0.05) is 30.2 Å². The molecule has 2 aromatic heterocycles. The van der Waals surface area contributed by atoms with Crippen molar-refractivity contribution >= 4 is 12.4 Å². The lowest BCUT2D eigenvalue weighted by atomic mass is 9.83. The van der Waals surface area contributed by atoms with E-state index in [-0.39, 0.29) is 24.6 Å². The van der Waals surface area contributed by atoms with Crippen molar-refractivity contribution in [2.24, 2.45) is 5.73 Å². The van der Waals surface area contributed by atoms with Gasteiger partial charge in [-0.3, -0.25) is 0 Å². The predicted molar refractivity (Wildman–Crippen MR) is 117 cm³/mol. The highest BCUT2D eigenvalue weighted by molar-refractivity contribution is 5.85. The number of hydrogen-bond acceptors (Lipinski definition) is 5. The predicted octanol–water partition coefficient (Wildman–Crippen LogP) is 4.44. The molecule has 0 bridgehead atoms. The molecule has 0 aliphatic heterocycles. The number of halogens is 1. The summed E-state index contributed by atoms with van der Waals surface area (Å²) in [5.74, 6) is 3.69. The van der Waals surface area contributed by atoms with E-state index < -0.39 is 0 Å². The van der Waals surface area contributed by atoms with Crippen molar-refractivity contribution in [2.75, 3.05) is 6.61 Å². The maximum atomic E-state index is 6.49. The normalized spacial score (nSPS) is 25.1. The maximum absolute atomic E-state index is 6.49. The minimum absolute atomic E-state index is 0. The van der Waals surface area contributed by atoms with Gasteiger partial charge in [-0.2, -0.15) is 4.68 Å². The molecule has 0 radical (unpaired) electrons. The molecule has 7 heteroatoms. The molecule has 0 unspecified atom stereocenters. The molecule has 2 aliphatic carbocycles. The van der Waals surface area contributed by atoms with Crippen molar-refractivity contribution in [3.05, 3.63) is 35.5 Å². The van der Waals surface area contributed by atoms with E-state index in [4.69, 9.17) is 25.5 Å². The summed E-state index contributed by atoms with van der Waals surface area (Å²) < 4.78 is 7.96. The highest BCUT2D eigenvalue weighted by atomic mass is 35.5. The van der Waals surface area contributed by atoms with Gasteiger partial charge in [-0.05, 0) is 57.6 Å². The second-order valence-corrected chi connectivity index (χ2v) is 8.44. The first-order chi connectivity index (χ1) is 13.7. The Morgan fingerprint density at radius 2 is 1.90 bits per heavy atom. The number of rotatable bonds is 6. The minimum Gasteiger partial charge on any atom is -0.377 e. The Labute approximate surface area is 180 Å². The topological polar surface area (TPSA) is 78.9 Å². The molecule has 2 aliphatic rings. The third-order valence-corrected chi connectivity index (χ3v) is 6.19. The Hall–Kier alpha value is -1.50. The van der Waals surface area contributed by atoms with Crippen molar-refractivity contribution in [1.82, 2.24) is 19.7 Å². The van der Waals surface area contributed by atoms with Gasteiger partial charge in [0.05, 0.1) is 6.10 Å². The second kappa shape index (κ2) is 10.0. The van der Waals surface area contributed by atoms with Crippen LogP contribution < -0.4 is 5.73 Å². The molecule has 4 rings (SSSR count). The van der Waals surface area contributed by atoms with E-state index in [0.29, 0.717) is 11.8 Å². The van der Waals surface area contributed by atoms with Gasteiger partial charge in [0.25, 0.3) is 0 Å². The van der Waals surface area contributed by atoms with Crippen molar-refractivity contribution in [1.29, 1.82) is 0 Å².